The number of rotatable bonds is 5. The Kier molecular flexibility index (Phi) is 4.35. The van der Waals surface area contributed by atoms with E-state index in [-0.39, 0.29) is 0 Å². The normalized spacial score (nSPS) is 11.0. The second kappa shape index (κ2) is 6.58. The maximum atomic E-state index is 4.34. The van der Waals surface area contributed by atoms with E-state index in [1.165, 1.54) is 5.56 Å². The number of hydrogen-bond acceptors (Lipinski definition) is 3. The Balaban J connectivity index is 1.71. The lowest BCUT2D eigenvalue weighted by Crippen LogP contribution is -2.14. The fourth-order valence-corrected chi connectivity index (χ4v) is 2.43. The fourth-order valence-electron chi connectivity index (χ4n) is 2.43. The first-order chi connectivity index (χ1) is 10.7. The first-order valence-corrected chi connectivity index (χ1v) is 7.56. The van der Waals surface area contributed by atoms with E-state index < -0.39 is 0 Å². The lowest BCUT2D eigenvalue weighted by atomic mass is 10.1. The van der Waals surface area contributed by atoms with Crippen molar-refractivity contribution in [1.29, 1.82) is 0 Å². The van der Waals surface area contributed by atoms with Gasteiger partial charge in [-0.1, -0.05) is 18.2 Å². The van der Waals surface area contributed by atoms with E-state index in [1.54, 1.807) is 0 Å². The van der Waals surface area contributed by atoms with Crippen LogP contribution < -0.4 is 5.32 Å². The van der Waals surface area contributed by atoms with Gasteiger partial charge in [-0.15, -0.1) is 0 Å². The van der Waals surface area contributed by atoms with Gasteiger partial charge in [0.15, 0.2) is 0 Å². The third-order valence-electron chi connectivity index (χ3n) is 3.69. The molecule has 0 aliphatic rings. The molecule has 0 aliphatic heterocycles. The summed E-state index contributed by atoms with van der Waals surface area (Å²) in [5.74, 6) is 0. The number of aromatic nitrogens is 1. The molecule has 0 amide bonds. The Morgan fingerprint density at radius 2 is 1.73 bits per heavy atom. The van der Waals surface area contributed by atoms with Crippen LogP contribution in [0.1, 0.15) is 5.56 Å². The lowest BCUT2D eigenvalue weighted by molar-refractivity contribution is 0.413. The maximum Gasteiger partial charge on any atom is 0.0703 e. The van der Waals surface area contributed by atoms with Gasteiger partial charge in [-0.2, -0.15) is 0 Å². The summed E-state index contributed by atoms with van der Waals surface area (Å²) < 4.78 is 0. The van der Waals surface area contributed by atoms with E-state index in [9.17, 15) is 0 Å². The Morgan fingerprint density at radius 1 is 0.955 bits per heavy atom. The molecule has 0 unspecified atom stereocenters. The molecule has 3 rings (SSSR count). The third-order valence-corrected chi connectivity index (χ3v) is 3.69. The minimum atomic E-state index is 1.02. The van der Waals surface area contributed by atoms with E-state index in [0.717, 1.165) is 35.2 Å². The molecule has 22 heavy (non-hydrogen) atoms. The third kappa shape index (κ3) is 3.62. The Morgan fingerprint density at radius 3 is 2.50 bits per heavy atom. The second-order valence-corrected chi connectivity index (χ2v) is 5.79. The topological polar surface area (TPSA) is 28.2 Å². The largest absolute Gasteiger partial charge is 0.356 e. The van der Waals surface area contributed by atoms with Crippen LogP contribution in [-0.2, 0) is 6.42 Å². The molecular formula is C19H21N3. The number of likely N-dealkylation sites (N-methyl/N-ethyl adjacent to an activating group) is 1. The van der Waals surface area contributed by atoms with Crippen LogP contribution in [0.3, 0.4) is 0 Å². The predicted molar refractivity (Wildman–Crippen MR) is 93.7 cm³/mol. The van der Waals surface area contributed by atoms with Gasteiger partial charge in [0.1, 0.15) is 0 Å². The highest BCUT2D eigenvalue weighted by molar-refractivity contribution is 5.83. The van der Waals surface area contributed by atoms with Crippen LogP contribution in [0.25, 0.3) is 10.9 Å². The Hall–Kier alpha value is -2.39. The summed E-state index contributed by atoms with van der Waals surface area (Å²) in [6.45, 7) is 1.07. The van der Waals surface area contributed by atoms with Crippen molar-refractivity contribution in [2.75, 3.05) is 26.0 Å². The molecule has 0 radical (unpaired) electrons. The minimum absolute atomic E-state index is 1.02. The van der Waals surface area contributed by atoms with E-state index in [2.05, 4.69) is 71.8 Å². The molecule has 2 aromatic carbocycles. The van der Waals surface area contributed by atoms with Gasteiger partial charge in [0, 0.05) is 29.5 Å². The highest BCUT2D eigenvalue weighted by Crippen LogP contribution is 2.21. The zero-order chi connectivity index (χ0) is 15.4. The number of nitrogens with zero attached hydrogens (tertiary/aromatic N) is 2. The second-order valence-electron chi connectivity index (χ2n) is 5.79. The molecule has 0 atom stereocenters. The summed E-state index contributed by atoms with van der Waals surface area (Å²) in [7, 11) is 4.20. The van der Waals surface area contributed by atoms with Gasteiger partial charge in [-0.25, -0.2) is 0 Å². The molecular weight excluding hydrogens is 270 g/mol. The van der Waals surface area contributed by atoms with Crippen LogP contribution in [-0.4, -0.2) is 30.5 Å². The standard InChI is InChI=1S/C19H21N3/c1-22(2)13-11-15-5-7-17(8-6-15)21-18-9-10-19-16(14-18)4-3-12-20-19/h3-10,12,14,21H,11,13H2,1-2H3. The van der Waals surface area contributed by atoms with Crippen molar-refractivity contribution in [2.24, 2.45) is 0 Å². The highest BCUT2D eigenvalue weighted by atomic mass is 15.0. The summed E-state index contributed by atoms with van der Waals surface area (Å²) >= 11 is 0. The lowest BCUT2D eigenvalue weighted by Gasteiger charge is -2.11. The van der Waals surface area contributed by atoms with Crippen LogP contribution in [0.15, 0.2) is 60.8 Å². The molecule has 0 saturated carbocycles. The molecule has 1 N–H and O–H groups in total. The van der Waals surface area contributed by atoms with Gasteiger partial charge in [0.05, 0.1) is 5.52 Å². The summed E-state index contributed by atoms with van der Waals surface area (Å²) in [6, 6.07) is 18.9. The van der Waals surface area contributed by atoms with Crippen molar-refractivity contribution in [3.05, 3.63) is 66.4 Å². The van der Waals surface area contributed by atoms with Crippen LogP contribution >= 0.6 is 0 Å². The molecule has 3 nitrogen and oxygen atoms in total. The van der Waals surface area contributed by atoms with Gasteiger partial charge in [-0.05, 0) is 62.5 Å². The maximum absolute atomic E-state index is 4.34. The average Bonchev–Trinajstić information content (AvgIpc) is 2.54. The van der Waals surface area contributed by atoms with Crippen molar-refractivity contribution < 1.29 is 0 Å². The molecule has 0 spiro atoms. The molecule has 0 bridgehead atoms. The fraction of sp³-hybridized carbons (Fsp3) is 0.211. The molecule has 0 fully saturated rings. The summed E-state index contributed by atoms with van der Waals surface area (Å²) in [4.78, 5) is 6.55. The van der Waals surface area contributed by atoms with Crippen LogP contribution in [0.5, 0.6) is 0 Å². The van der Waals surface area contributed by atoms with E-state index in [0.29, 0.717) is 0 Å². The van der Waals surface area contributed by atoms with Gasteiger partial charge in [0.25, 0.3) is 0 Å². The van der Waals surface area contributed by atoms with Gasteiger partial charge < -0.3 is 10.2 Å². The first-order valence-electron chi connectivity index (χ1n) is 7.56. The summed E-state index contributed by atoms with van der Waals surface area (Å²) in [6.07, 6.45) is 2.90. The van der Waals surface area contributed by atoms with E-state index in [1.807, 2.05) is 18.3 Å². The molecule has 3 heteroatoms. The molecule has 3 aromatic rings. The SMILES string of the molecule is CN(C)CCc1ccc(Nc2ccc3ncccc3c2)cc1. The molecule has 1 aromatic heterocycles. The molecule has 0 saturated heterocycles. The van der Waals surface area contributed by atoms with Gasteiger partial charge >= 0.3 is 0 Å². The number of hydrogen-bond donors (Lipinski definition) is 1. The smallest absolute Gasteiger partial charge is 0.0703 e. The zero-order valence-electron chi connectivity index (χ0n) is 13.1. The highest BCUT2D eigenvalue weighted by Gasteiger charge is 1.99. The number of pyridine rings is 1. The molecule has 1 heterocycles. The van der Waals surface area contributed by atoms with Crippen molar-refractivity contribution in [3.8, 4) is 0 Å². The van der Waals surface area contributed by atoms with Gasteiger partial charge in [-0.3, -0.25) is 4.98 Å². The minimum Gasteiger partial charge on any atom is -0.356 e. The zero-order valence-corrected chi connectivity index (χ0v) is 13.1. The summed E-state index contributed by atoms with van der Waals surface area (Å²) in [5.41, 5.74) is 4.58. The van der Waals surface area contributed by atoms with Gasteiger partial charge in [0.2, 0.25) is 0 Å². The number of benzene rings is 2. The first kappa shape index (κ1) is 14.5. The van der Waals surface area contributed by atoms with Crippen molar-refractivity contribution in [1.82, 2.24) is 9.88 Å². The molecule has 112 valence electrons. The number of fused-ring (bicyclic) bond motifs is 1. The van der Waals surface area contributed by atoms with Crippen LogP contribution in [0.4, 0.5) is 11.4 Å². The quantitative estimate of drug-likeness (QED) is 0.767. The van der Waals surface area contributed by atoms with Crippen molar-refractivity contribution >= 4 is 22.3 Å². The predicted octanol–water partition coefficient (Wildman–Crippen LogP) is 4.08. The summed E-state index contributed by atoms with van der Waals surface area (Å²) in [5, 5.41) is 4.60. The van der Waals surface area contributed by atoms with E-state index in [4.69, 9.17) is 0 Å². The van der Waals surface area contributed by atoms with Crippen molar-refractivity contribution in [3.63, 3.8) is 0 Å². The number of anilines is 2. The van der Waals surface area contributed by atoms with E-state index >= 15 is 0 Å². The average molecular weight is 291 g/mol. The Bertz CT molecular complexity index is 748. The Labute approximate surface area is 131 Å². The van der Waals surface area contributed by atoms with Crippen molar-refractivity contribution in [2.45, 2.75) is 6.42 Å². The molecule has 0 aliphatic carbocycles. The monoisotopic (exact) mass is 291 g/mol. The van der Waals surface area contributed by atoms with Crippen LogP contribution in [0, 0.1) is 0 Å². The number of nitrogens with one attached hydrogen (secondary N) is 1. The van der Waals surface area contributed by atoms with Crippen LogP contribution in [0.2, 0.25) is 0 Å².